The van der Waals surface area contributed by atoms with Crippen LogP contribution in [0.3, 0.4) is 0 Å². The second-order valence-electron chi connectivity index (χ2n) is 10.8. The van der Waals surface area contributed by atoms with Crippen LogP contribution in [0.4, 0.5) is 27.6 Å². The Kier molecular flexibility index (Phi) is 7.58. The van der Waals surface area contributed by atoms with Gasteiger partial charge in [-0.3, -0.25) is 0 Å². The molecule has 0 bridgehead atoms. The van der Waals surface area contributed by atoms with Crippen molar-refractivity contribution in [1.82, 2.24) is 30.4 Å². The number of aryl methyl sites for hydroxylation is 3. The molecule has 42 heavy (non-hydrogen) atoms. The highest BCUT2D eigenvalue weighted by molar-refractivity contribution is 5.62. The van der Waals surface area contributed by atoms with Gasteiger partial charge in [0.05, 0.1) is 22.6 Å². The van der Waals surface area contributed by atoms with Gasteiger partial charge >= 0.3 is 12.1 Å². The molecule has 3 unspecified atom stereocenters. The van der Waals surface area contributed by atoms with Crippen molar-refractivity contribution in [1.29, 1.82) is 0 Å². The minimum atomic E-state index is -5.99. The highest BCUT2D eigenvalue weighted by atomic mass is 19.4. The van der Waals surface area contributed by atoms with Gasteiger partial charge in [-0.25, -0.2) is 9.78 Å². The molecule has 2 aromatic heterocycles. The standard InChI is InChI=1S/C28H30F5N7O2/c1-14-10-11-19(12-15(14)2)40-26(42)22(16(3)37-40)24(27(29,30)28(31,32)33)34-21-9-5-8-20(23(21)41)17-6-4-7-18(13-17)25-35-38-39-36-25/h5,8-12,17-18,24,34,41-42H,4,6-7,13H2,1-3H3,(H,35,36,38,39). The molecule has 0 amide bonds. The van der Waals surface area contributed by atoms with Gasteiger partial charge in [0.25, 0.3) is 0 Å². The summed E-state index contributed by atoms with van der Waals surface area (Å²) >= 11 is 0. The van der Waals surface area contributed by atoms with Crippen LogP contribution in [0.25, 0.3) is 5.69 Å². The number of hydrogen-bond acceptors (Lipinski definition) is 7. The van der Waals surface area contributed by atoms with E-state index in [0.717, 1.165) is 28.7 Å². The average molecular weight is 592 g/mol. The van der Waals surface area contributed by atoms with Crippen LogP contribution in [-0.4, -0.2) is 52.7 Å². The molecule has 4 N–H and O–H groups in total. The quantitative estimate of drug-likeness (QED) is 0.143. The molecule has 1 saturated carbocycles. The van der Waals surface area contributed by atoms with Crippen LogP contribution in [0.1, 0.15) is 77.3 Å². The number of phenolic OH excluding ortho intramolecular Hbond substituents is 1. The molecule has 1 aliphatic rings. The average Bonchev–Trinajstić information content (AvgIpc) is 3.57. The van der Waals surface area contributed by atoms with Gasteiger partial charge in [0.1, 0.15) is 11.8 Å². The molecule has 2 aromatic carbocycles. The van der Waals surface area contributed by atoms with E-state index < -0.39 is 35.3 Å². The number of nitrogens with one attached hydrogen (secondary N) is 2. The Morgan fingerprint density at radius 3 is 2.40 bits per heavy atom. The highest BCUT2D eigenvalue weighted by Gasteiger charge is 2.64. The third kappa shape index (κ3) is 5.25. The van der Waals surface area contributed by atoms with Crippen LogP contribution < -0.4 is 5.32 Å². The fourth-order valence-corrected chi connectivity index (χ4v) is 5.63. The van der Waals surface area contributed by atoms with Crippen LogP contribution in [0.2, 0.25) is 0 Å². The monoisotopic (exact) mass is 591 g/mol. The third-order valence-electron chi connectivity index (χ3n) is 8.08. The summed E-state index contributed by atoms with van der Waals surface area (Å²) in [6.45, 7) is 4.88. The first kappa shape index (κ1) is 29.3. The van der Waals surface area contributed by atoms with E-state index in [1.807, 2.05) is 6.92 Å². The number of tetrazole rings is 1. The zero-order valence-electron chi connectivity index (χ0n) is 23.0. The van der Waals surface area contributed by atoms with E-state index >= 15 is 8.78 Å². The van der Waals surface area contributed by atoms with Crippen molar-refractivity contribution >= 4 is 5.69 Å². The highest BCUT2D eigenvalue weighted by Crippen LogP contribution is 2.51. The molecule has 3 atom stereocenters. The number of rotatable bonds is 7. The SMILES string of the molecule is Cc1ccc(-n2nc(C)c(C(Nc3cccc(C4CCCC(c5nnn[nH]5)C4)c3O)C(F)(F)C(F)(F)F)c2O)cc1C. The van der Waals surface area contributed by atoms with Gasteiger partial charge in [0.15, 0.2) is 5.82 Å². The summed E-state index contributed by atoms with van der Waals surface area (Å²) in [4.78, 5) is 0. The molecule has 0 saturated heterocycles. The number of benzene rings is 2. The van der Waals surface area contributed by atoms with Crippen LogP contribution in [0.15, 0.2) is 36.4 Å². The van der Waals surface area contributed by atoms with Crippen molar-refractivity contribution in [3.63, 3.8) is 0 Å². The number of H-pyrrole nitrogens is 1. The largest absolute Gasteiger partial charge is 0.505 e. The van der Waals surface area contributed by atoms with Crippen LogP contribution >= 0.6 is 0 Å². The molecule has 9 nitrogen and oxygen atoms in total. The molecule has 1 aliphatic carbocycles. The number of anilines is 1. The van der Waals surface area contributed by atoms with Crippen LogP contribution in [-0.2, 0) is 0 Å². The molecule has 0 spiro atoms. The van der Waals surface area contributed by atoms with Crippen molar-refractivity contribution < 1.29 is 32.2 Å². The summed E-state index contributed by atoms with van der Waals surface area (Å²) in [5, 5.41) is 42.4. The van der Waals surface area contributed by atoms with Crippen molar-refractivity contribution in [3.05, 3.63) is 70.2 Å². The Morgan fingerprint density at radius 2 is 1.74 bits per heavy atom. The second kappa shape index (κ2) is 10.9. The van der Waals surface area contributed by atoms with Crippen LogP contribution in [0, 0.1) is 20.8 Å². The van der Waals surface area contributed by atoms with E-state index in [1.54, 1.807) is 31.2 Å². The Bertz CT molecular complexity index is 1570. The number of para-hydroxylation sites is 1. The molecule has 0 aliphatic heterocycles. The lowest BCUT2D eigenvalue weighted by atomic mass is 9.77. The molecule has 14 heteroatoms. The number of aromatic nitrogens is 6. The lowest BCUT2D eigenvalue weighted by Crippen LogP contribution is -2.45. The van der Waals surface area contributed by atoms with E-state index in [2.05, 4.69) is 31.0 Å². The third-order valence-corrected chi connectivity index (χ3v) is 8.08. The fourth-order valence-electron chi connectivity index (χ4n) is 5.63. The molecule has 4 aromatic rings. The lowest BCUT2D eigenvalue weighted by molar-refractivity contribution is -0.288. The van der Waals surface area contributed by atoms with Gasteiger partial charge < -0.3 is 15.5 Å². The van der Waals surface area contributed by atoms with Gasteiger partial charge in [-0.15, -0.1) is 5.10 Å². The number of aromatic amines is 1. The van der Waals surface area contributed by atoms with Gasteiger partial charge in [-0.1, -0.05) is 24.6 Å². The summed E-state index contributed by atoms with van der Waals surface area (Å²) in [6.07, 6.45) is -3.21. The molecular formula is C28H30F5N7O2. The van der Waals surface area contributed by atoms with Crippen LogP contribution in [0.5, 0.6) is 11.6 Å². The summed E-state index contributed by atoms with van der Waals surface area (Å²) in [5.74, 6) is -6.34. The smallest absolute Gasteiger partial charge is 0.455 e. The molecule has 224 valence electrons. The van der Waals surface area contributed by atoms with Crippen molar-refractivity contribution in [2.45, 2.75) is 76.4 Å². The summed E-state index contributed by atoms with van der Waals surface area (Å²) in [5.41, 5.74) is 1.11. The number of hydrogen-bond donors (Lipinski definition) is 4. The Morgan fingerprint density at radius 1 is 1.00 bits per heavy atom. The first-order valence-corrected chi connectivity index (χ1v) is 13.4. The van der Waals surface area contributed by atoms with Gasteiger partial charge in [0, 0.05) is 5.92 Å². The fraction of sp³-hybridized carbons (Fsp3) is 0.429. The normalized spacial score (nSPS) is 18.7. The minimum absolute atomic E-state index is 0.0343. The first-order valence-electron chi connectivity index (χ1n) is 13.4. The summed E-state index contributed by atoms with van der Waals surface area (Å²) in [7, 11) is 0. The van der Waals surface area contributed by atoms with E-state index in [-0.39, 0.29) is 28.9 Å². The molecule has 1 fully saturated rings. The first-order chi connectivity index (χ1) is 19.8. The van der Waals surface area contributed by atoms with Gasteiger partial charge in [0.2, 0.25) is 5.88 Å². The summed E-state index contributed by atoms with van der Waals surface area (Å²) in [6, 6.07) is 6.44. The number of halogens is 5. The maximum Gasteiger partial charge on any atom is 0.455 e. The maximum atomic E-state index is 15.2. The predicted octanol–water partition coefficient (Wildman–Crippen LogP) is 6.51. The Balaban J connectivity index is 1.54. The van der Waals surface area contributed by atoms with E-state index in [1.165, 1.54) is 19.1 Å². The Hall–Kier alpha value is -4.23. The number of aromatic hydroxyl groups is 2. The van der Waals surface area contributed by atoms with E-state index in [9.17, 15) is 23.4 Å². The lowest BCUT2D eigenvalue weighted by Gasteiger charge is -2.32. The zero-order valence-corrected chi connectivity index (χ0v) is 23.0. The number of nitrogens with zero attached hydrogens (tertiary/aromatic N) is 5. The number of phenols is 1. The van der Waals surface area contributed by atoms with E-state index in [4.69, 9.17) is 0 Å². The van der Waals surface area contributed by atoms with Crippen molar-refractivity contribution in [2.75, 3.05) is 5.32 Å². The van der Waals surface area contributed by atoms with Crippen molar-refractivity contribution in [2.24, 2.45) is 0 Å². The number of alkyl halides is 5. The summed E-state index contributed by atoms with van der Waals surface area (Å²) < 4.78 is 72.8. The molecule has 2 heterocycles. The zero-order chi connectivity index (χ0) is 30.4. The molecular weight excluding hydrogens is 561 g/mol. The topological polar surface area (TPSA) is 125 Å². The van der Waals surface area contributed by atoms with Crippen molar-refractivity contribution in [3.8, 4) is 17.3 Å². The van der Waals surface area contributed by atoms with Gasteiger partial charge in [-0.2, -0.15) is 27.1 Å². The maximum absolute atomic E-state index is 15.2. The predicted molar refractivity (Wildman–Crippen MR) is 143 cm³/mol. The van der Waals surface area contributed by atoms with Gasteiger partial charge in [-0.05, 0) is 91.3 Å². The van der Waals surface area contributed by atoms with E-state index in [0.29, 0.717) is 24.2 Å². The minimum Gasteiger partial charge on any atom is -0.505 e. The second-order valence-corrected chi connectivity index (χ2v) is 10.8. The molecule has 5 rings (SSSR count). The Labute approximate surface area is 237 Å². The molecule has 0 radical (unpaired) electrons.